The van der Waals surface area contributed by atoms with Crippen molar-refractivity contribution in [1.82, 2.24) is 0 Å². The Labute approximate surface area is 108 Å². The highest BCUT2D eigenvalue weighted by atomic mass is 79.9. The predicted molar refractivity (Wildman–Crippen MR) is 70.1 cm³/mol. The second kappa shape index (κ2) is 6.46. The number of anilines is 2. The first-order valence-electron chi connectivity index (χ1n) is 5.12. The molecule has 0 aliphatic rings. The van der Waals surface area contributed by atoms with E-state index in [4.69, 9.17) is 10.8 Å². The summed E-state index contributed by atoms with van der Waals surface area (Å²) in [5.74, 6) is -0.431. The van der Waals surface area contributed by atoms with Crippen LogP contribution in [0.3, 0.4) is 0 Å². The topological polar surface area (TPSA) is 84.6 Å². The minimum absolute atomic E-state index is 0.116. The molecule has 0 bridgehead atoms. The number of nitrogen functional groups attached to an aromatic ring is 1. The number of aliphatic hydroxyl groups is 1. The number of nitrogens with two attached hydrogens (primary N) is 1. The number of nitrogens with one attached hydrogen (secondary N) is 1. The average molecular weight is 303 g/mol. The molecule has 1 rings (SSSR count). The number of ether oxygens (including phenoxy) is 1. The summed E-state index contributed by atoms with van der Waals surface area (Å²) in [6.45, 7) is 0.724. The molecule has 1 aromatic rings. The average Bonchev–Trinajstić information content (AvgIpc) is 2.31. The summed E-state index contributed by atoms with van der Waals surface area (Å²) in [6.07, 6.45) is 0.630. The van der Waals surface area contributed by atoms with Gasteiger partial charge in [0.05, 0.1) is 24.0 Å². The highest BCUT2D eigenvalue weighted by molar-refractivity contribution is 9.10. The van der Waals surface area contributed by atoms with E-state index in [-0.39, 0.29) is 6.61 Å². The zero-order valence-electron chi connectivity index (χ0n) is 9.50. The summed E-state index contributed by atoms with van der Waals surface area (Å²) in [4.78, 5) is 11.3. The molecule has 4 N–H and O–H groups in total. The van der Waals surface area contributed by atoms with Gasteiger partial charge in [0.2, 0.25) is 0 Å². The second-order valence-electron chi connectivity index (χ2n) is 3.42. The SMILES string of the molecule is COC(=O)c1cc(N)c(NCCCO)c(Br)c1. The highest BCUT2D eigenvalue weighted by Gasteiger charge is 2.11. The number of aliphatic hydroxyl groups excluding tert-OH is 1. The molecule has 0 heterocycles. The Morgan fingerprint density at radius 1 is 1.59 bits per heavy atom. The first kappa shape index (κ1) is 13.8. The molecule has 94 valence electrons. The lowest BCUT2D eigenvalue weighted by Crippen LogP contribution is -2.08. The van der Waals surface area contributed by atoms with Crippen molar-refractivity contribution in [3.63, 3.8) is 0 Å². The number of carbonyl (C=O) groups is 1. The van der Waals surface area contributed by atoms with Gasteiger partial charge in [0.25, 0.3) is 0 Å². The van der Waals surface area contributed by atoms with E-state index >= 15 is 0 Å². The summed E-state index contributed by atoms with van der Waals surface area (Å²) in [5.41, 5.74) is 7.40. The van der Waals surface area contributed by atoms with Gasteiger partial charge in [-0.2, -0.15) is 0 Å². The minimum atomic E-state index is -0.431. The van der Waals surface area contributed by atoms with Gasteiger partial charge in [-0.05, 0) is 34.5 Å². The number of esters is 1. The van der Waals surface area contributed by atoms with Crippen molar-refractivity contribution in [2.75, 3.05) is 31.3 Å². The maximum atomic E-state index is 11.3. The predicted octanol–water partition coefficient (Wildman–Crippen LogP) is 1.61. The molecule has 0 atom stereocenters. The van der Waals surface area contributed by atoms with Crippen LogP contribution < -0.4 is 11.1 Å². The van der Waals surface area contributed by atoms with E-state index < -0.39 is 5.97 Å². The van der Waals surface area contributed by atoms with Crippen LogP contribution in [0.2, 0.25) is 0 Å². The largest absolute Gasteiger partial charge is 0.465 e. The van der Waals surface area contributed by atoms with Crippen LogP contribution in [0.15, 0.2) is 16.6 Å². The fraction of sp³-hybridized carbons (Fsp3) is 0.364. The van der Waals surface area contributed by atoms with E-state index in [1.165, 1.54) is 7.11 Å². The van der Waals surface area contributed by atoms with Crippen LogP contribution >= 0.6 is 15.9 Å². The van der Waals surface area contributed by atoms with Crippen molar-refractivity contribution in [2.24, 2.45) is 0 Å². The molecule has 5 nitrogen and oxygen atoms in total. The van der Waals surface area contributed by atoms with Gasteiger partial charge < -0.3 is 20.9 Å². The molecule has 0 aliphatic heterocycles. The number of rotatable bonds is 5. The van der Waals surface area contributed by atoms with E-state index in [0.29, 0.717) is 34.4 Å². The lowest BCUT2D eigenvalue weighted by molar-refractivity contribution is 0.0600. The Kier molecular flexibility index (Phi) is 5.24. The Morgan fingerprint density at radius 2 is 2.29 bits per heavy atom. The lowest BCUT2D eigenvalue weighted by Gasteiger charge is -2.12. The summed E-state index contributed by atoms with van der Waals surface area (Å²) in [6, 6.07) is 3.20. The maximum Gasteiger partial charge on any atom is 0.337 e. The molecule has 0 aliphatic carbocycles. The third kappa shape index (κ3) is 3.61. The monoisotopic (exact) mass is 302 g/mol. The Hall–Kier alpha value is -1.27. The van der Waals surface area contributed by atoms with Crippen molar-refractivity contribution < 1.29 is 14.6 Å². The van der Waals surface area contributed by atoms with Crippen LogP contribution in [-0.4, -0.2) is 31.3 Å². The van der Waals surface area contributed by atoms with Gasteiger partial charge >= 0.3 is 5.97 Å². The number of hydrogen-bond acceptors (Lipinski definition) is 5. The quantitative estimate of drug-likeness (QED) is 0.437. The van der Waals surface area contributed by atoms with E-state index in [2.05, 4.69) is 26.0 Å². The molecule has 6 heteroatoms. The molecule has 17 heavy (non-hydrogen) atoms. The Bertz CT molecular complexity index is 387. The molecule has 0 unspecified atom stereocenters. The summed E-state index contributed by atoms with van der Waals surface area (Å²) < 4.78 is 5.31. The van der Waals surface area contributed by atoms with E-state index in [9.17, 15) is 4.79 Å². The minimum Gasteiger partial charge on any atom is -0.465 e. The third-order valence-electron chi connectivity index (χ3n) is 2.18. The third-order valence-corrected chi connectivity index (χ3v) is 2.80. The van der Waals surface area contributed by atoms with Crippen LogP contribution in [0.4, 0.5) is 11.4 Å². The molecule has 0 amide bonds. The molecular formula is C11H15BrN2O3. The number of benzene rings is 1. The van der Waals surface area contributed by atoms with E-state index in [1.54, 1.807) is 12.1 Å². The van der Waals surface area contributed by atoms with Gasteiger partial charge in [0.1, 0.15) is 0 Å². The van der Waals surface area contributed by atoms with Crippen molar-refractivity contribution in [1.29, 1.82) is 0 Å². The zero-order valence-corrected chi connectivity index (χ0v) is 11.1. The van der Waals surface area contributed by atoms with E-state index in [1.807, 2.05) is 0 Å². The number of hydrogen-bond donors (Lipinski definition) is 3. The Balaban J connectivity index is 2.90. The lowest BCUT2D eigenvalue weighted by atomic mass is 10.1. The number of halogens is 1. The first-order chi connectivity index (χ1) is 8.10. The van der Waals surface area contributed by atoms with Crippen molar-refractivity contribution >= 4 is 33.3 Å². The molecule has 0 saturated heterocycles. The fourth-order valence-corrected chi connectivity index (χ4v) is 1.96. The van der Waals surface area contributed by atoms with Crippen molar-refractivity contribution in [3.05, 3.63) is 22.2 Å². The van der Waals surface area contributed by atoms with Gasteiger partial charge in [-0.25, -0.2) is 4.79 Å². The van der Waals surface area contributed by atoms with Gasteiger partial charge in [-0.1, -0.05) is 0 Å². The standard InChI is InChI=1S/C11H15BrN2O3/c1-17-11(16)7-5-8(12)10(9(13)6-7)14-3-2-4-15/h5-6,14-15H,2-4,13H2,1H3. The summed E-state index contributed by atoms with van der Waals surface area (Å²) in [5, 5.41) is 11.8. The molecule has 0 saturated carbocycles. The number of methoxy groups -OCH3 is 1. The molecule has 0 spiro atoms. The summed E-state index contributed by atoms with van der Waals surface area (Å²) >= 11 is 3.33. The molecule has 0 radical (unpaired) electrons. The van der Waals surface area contributed by atoms with Crippen LogP contribution in [0.25, 0.3) is 0 Å². The van der Waals surface area contributed by atoms with Gasteiger partial charge in [-0.15, -0.1) is 0 Å². The van der Waals surface area contributed by atoms with Gasteiger partial charge in [0, 0.05) is 17.6 Å². The maximum absolute atomic E-state index is 11.3. The van der Waals surface area contributed by atoms with Crippen molar-refractivity contribution in [2.45, 2.75) is 6.42 Å². The van der Waals surface area contributed by atoms with Crippen LogP contribution in [0.5, 0.6) is 0 Å². The number of carbonyl (C=O) groups excluding carboxylic acids is 1. The van der Waals surface area contributed by atoms with Crippen LogP contribution in [0.1, 0.15) is 16.8 Å². The zero-order chi connectivity index (χ0) is 12.8. The molecule has 0 fully saturated rings. The summed E-state index contributed by atoms with van der Waals surface area (Å²) in [7, 11) is 1.32. The van der Waals surface area contributed by atoms with E-state index in [0.717, 1.165) is 0 Å². The second-order valence-corrected chi connectivity index (χ2v) is 4.27. The van der Waals surface area contributed by atoms with Crippen LogP contribution in [0, 0.1) is 0 Å². The van der Waals surface area contributed by atoms with Gasteiger partial charge in [-0.3, -0.25) is 0 Å². The molecule has 1 aromatic carbocycles. The Morgan fingerprint density at radius 3 is 2.82 bits per heavy atom. The highest BCUT2D eigenvalue weighted by Crippen LogP contribution is 2.30. The molecular weight excluding hydrogens is 288 g/mol. The smallest absolute Gasteiger partial charge is 0.337 e. The van der Waals surface area contributed by atoms with Crippen molar-refractivity contribution in [3.8, 4) is 0 Å². The van der Waals surface area contributed by atoms with Gasteiger partial charge in [0.15, 0.2) is 0 Å². The first-order valence-corrected chi connectivity index (χ1v) is 5.91. The van der Waals surface area contributed by atoms with Crippen LogP contribution in [-0.2, 0) is 4.74 Å². The fourth-order valence-electron chi connectivity index (χ4n) is 1.34. The molecule has 0 aromatic heterocycles. The normalized spacial score (nSPS) is 10.1.